The molecule has 0 saturated carbocycles. The van der Waals surface area contributed by atoms with E-state index in [4.69, 9.17) is 10.4 Å². The molecule has 0 saturated heterocycles. The summed E-state index contributed by atoms with van der Waals surface area (Å²) in [7, 11) is -1.66. The number of nitriles is 1. The molecule has 1 rings (SSSR count). The van der Waals surface area contributed by atoms with E-state index < -0.39 is 28.0 Å². The second-order valence-electron chi connectivity index (χ2n) is 4.75. The molecule has 1 aromatic rings. The van der Waals surface area contributed by atoms with Crippen LogP contribution in [0.2, 0.25) is 0 Å². The van der Waals surface area contributed by atoms with Gasteiger partial charge in [-0.1, -0.05) is 0 Å². The van der Waals surface area contributed by atoms with E-state index in [0.717, 1.165) is 18.2 Å². The van der Waals surface area contributed by atoms with Crippen LogP contribution in [-0.4, -0.2) is 21.0 Å². The molecule has 0 bridgehead atoms. The zero-order valence-corrected chi connectivity index (χ0v) is 11.5. The topological polar surface area (TPSA) is 78.2 Å². The van der Waals surface area contributed by atoms with E-state index >= 15 is 0 Å². The number of rotatable bonds is 5. The van der Waals surface area contributed by atoms with E-state index in [2.05, 4.69) is 6.07 Å². The number of hydrogen-bond donors (Lipinski definition) is 1. The van der Waals surface area contributed by atoms with Crippen LogP contribution in [0.25, 0.3) is 0 Å². The molecule has 0 heterocycles. The SMILES string of the molecule is CC(C)(C#N)CCS(=O)c1cc(C(=O)O)ccc1F. The Bertz CT molecular complexity index is 563. The van der Waals surface area contributed by atoms with Crippen molar-refractivity contribution >= 4 is 16.8 Å². The van der Waals surface area contributed by atoms with Gasteiger partial charge in [0.25, 0.3) is 0 Å². The Hall–Kier alpha value is -1.74. The van der Waals surface area contributed by atoms with Gasteiger partial charge < -0.3 is 5.11 Å². The minimum atomic E-state index is -1.66. The van der Waals surface area contributed by atoms with E-state index in [9.17, 15) is 13.4 Å². The molecule has 0 aliphatic carbocycles. The molecule has 1 N–H and O–H groups in total. The summed E-state index contributed by atoms with van der Waals surface area (Å²) in [5.41, 5.74) is -0.749. The summed E-state index contributed by atoms with van der Waals surface area (Å²) in [5.74, 6) is -1.78. The van der Waals surface area contributed by atoms with Crippen molar-refractivity contribution in [2.24, 2.45) is 5.41 Å². The van der Waals surface area contributed by atoms with Crippen molar-refractivity contribution in [2.75, 3.05) is 5.75 Å². The lowest BCUT2D eigenvalue weighted by atomic mass is 9.93. The minimum Gasteiger partial charge on any atom is -0.478 e. The van der Waals surface area contributed by atoms with Gasteiger partial charge in [0.15, 0.2) is 0 Å². The number of carbonyl (C=O) groups is 1. The van der Waals surface area contributed by atoms with Gasteiger partial charge in [-0.15, -0.1) is 0 Å². The number of carboxylic acids is 1. The lowest BCUT2D eigenvalue weighted by Crippen LogP contribution is -2.13. The van der Waals surface area contributed by atoms with Crippen LogP contribution >= 0.6 is 0 Å². The third-order valence-corrected chi connectivity index (χ3v) is 4.02. The first-order valence-corrected chi connectivity index (χ1v) is 6.91. The summed E-state index contributed by atoms with van der Waals surface area (Å²) in [4.78, 5) is 10.7. The Kier molecular flexibility index (Phi) is 4.78. The summed E-state index contributed by atoms with van der Waals surface area (Å²) >= 11 is 0. The first-order chi connectivity index (χ1) is 8.76. The normalized spacial score (nSPS) is 12.7. The maximum Gasteiger partial charge on any atom is 0.335 e. The van der Waals surface area contributed by atoms with Gasteiger partial charge in [0.1, 0.15) is 5.82 Å². The summed E-state index contributed by atoms with van der Waals surface area (Å²) in [6.45, 7) is 3.41. The number of hydrogen-bond acceptors (Lipinski definition) is 3. The van der Waals surface area contributed by atoms with Gasteiger partial charge in [-0.05, 0) is 38.5 Å². The molecular formula is C13H14FNO3S. The average molecular weight is 283 g/mol. The van der Waals surface area contributed by atoms with Crippen LogP contribution in [0.15, 0.2) is 23.1 Å². The molecule has 0 aliphatic heterocycles. The smallest absolute Gasteiger partial charge is 0.335 e. The molecular weight excluding hydrogens is 269 g/mol. The van der Waals surface area contributed by atoms with Crippen molar-refractivity contribution in [3.05, 3.63) is 29.6 Å². The Morgan fingerprint density at radius 3 is 2.68 bits per heavy atom. The number of nitrogens with zero attached hydrogens (tertiary/aromatic N) is 1. The first-order valence-electron chi connectivity index (χ1n) is 5.59. The van der Waals surface area contributed by atoms with E-state index in [-0.39, 0.29) is 16.2 Å². The van der Waals surface area contributed by atoms with Crippen LogP contribution in [0.5, 0.6) is 0 Å². The van der Waals surface area contributed by atoms with Crippen LogP contribution in [0.4, 0.5) is 4.39 Å². The molecule has 1 unspecified atom stereocenters. The molecule has 1 aromatic carbocycles. The van der Waals surface area contributed by atoms with E-state index in [1.807, 2.05) is 0 Å². The number of benzene rings is 1. The van der Waals surface area contributed by atoms with Gasteiger partial charge in [-0.25, -0.2) is 9.18 Å². The summed E-state index contributed by atoms with van der Waals surface area (Å²) in [5, 5.41) is 17.7. The predicted octanol–water partition coefficient (Wildman–Crippen LogP) is 2.57. The third kappa shape index (κ3) is 4.14. The van der Waals surface area contributed by atoms with Crippen molar-refractivity contribution in [2.45, 2.75) is 25.2 Å². The van der Waals surface area contributed by atoms with E-state index in [1.54, 1.807) is 13.8 Å². The van der Waals surface area contributed by atoms with Gasteiger partial charge in [-0.2, -0.15) is 5.26 Å². The van der Waals surface area contributed by atoms with Crippen LogP contribution in [0.1, 0.15) is 30.6 Å². The fraction of sp³-hybridized carbons (Fsp3) is 0.385. The highest BCUT2D eigenvalue weighted by Crippen LogP contribution is 2.22. The van der Waals surface area contributed by atoms with Crippen molar-refractivity contribution in [1.82, 2.24) is 0 Å². The highest BCUT2D eigenvalue weighted by Gasteiger charge is 2.20. The van der Waals surface area contributed by atoms with Crippen molar-refractivity contribution < 1.29 is 18.5 Å². The molecule has 0 fully saturated rings. The Labute approximate surface area is 113 Å². The highest BCUT2D eigenvalue weighted by molar-refractivity contribution is 7.85. The maximum absolute atomic E-state index is 13.5. The summed E-state index contributed by atoms with van der Waals surface area (Å²) < 4.78 is 25.5. The highest BCUT2D eigenvalue weighted by atomic mass is 32.2. The molecule has 6 heteroatoms. The molecule has 4 nitrogen and oxygen atoms in total. The standard InChI is InChI=1S/C13H14FNO3S/c1-13(2,8-15)5-6-19(18)11-7-9(12(16)17)3-4-10(11)14/h3-4,7H,5-6H2,1-2H3,(H,16,17). The summed E-state index contributed by atoms with van der Waals surface area (Å²) in [6.07, 6.45) is 0.340. The monoisotopic (exact) mass is 283 g/mol. The second kappa shape index (κ2) is 5.93. The zero-order valence-electron chi connectivity index (χ0n) is 10.6. The van der Waals surface area contributed by atoms with Gasteiger partial charge in [-0.3, -0.25) is 4.21 Å². The van der Waals surface area contributed by atoms with Gasteiger partial charge in [0, 0.05) is 5.75 Å². The van der Waals surface area contributed by atoms with Gasteiger partial charge >= 0.3 is 5.97 Å². The van der Waals surface area contributed by atoms with Gasteiger partial charge in [0.05, 0.1) is 32.7 Å². The Morgan fingerprint density at radius 1 is 1.53 bits per heavy atom. The molecule has 0 spiro atoms. The molecule has 0 aliphatic rings. The average Bonchev–Trinajstić information content (AvgIpc) is 2.36. The Balaban J connectivity index is 2.91. The molecule has 19 heavy (non-hydrogen) atoms. The number of halogens is 1. The molecule has 1 atom stereocenters. The summed E-state index contributed by atoms with van der Waals surface area (Å²) in [6, 6.07) is 5.26. The first kappa shape index (κ1) is 15.3. The predicted molar refractivity (Wildman–Crippen MR) is 68.6 cm³/mol. The fourth-order valence-corrected chi connectivity index (χ4v) is 2.78. The lowest BCUT2D eigenvalue weighted by molar-refractivity contribution is 0.0696. The van der Waals surface area contributed by atoms with Crippen LogP contribution in [0.3, 0.4) is 0 Å². The van der Waals surface area contributed by atoms with E-state index in [1.165, 1.54) is 0 Å². The molecule has 102 valence electrons. The molecule has 0 radical (unpaired) electrons. The second-order valence-corrected chi connectivity index (χ2v) is 6.28. The van der Waals surface area contributed by atoms with Gasteiger partial charge in [0.2, 0.25) is 0 Å². The maximum atomic E-state index is 13.5. The fourth-order valence-electron chi connectivity index (χ4n) is 1.32. The van der Waals surface area contributed by atoms with Crippen molar-refractivity contribution in [3.8, 4) is 6.07 Å². The third-order valence-electron chi connectivity index (χ3n) is 2.64. The van der Waals surface area contributed by atoms with Crippen LogP contribution in [-0.2, 0) is 10.8 Å². The lowest BCUT2D eigenvalue weighted by Gasteiger charge is -2.14. The molecule has 0 amide bonds. The van der Waals surface area contributed by atoms with E-state index in [0.29, 0.717) is 6.42 Å². The molecule has 0 aromatic heterocycles. The van der Waals surface area contributed by atoms with Crippen molar-refractivity contribution in [1.29, 1.82) is 5.26 Å². The minimum absolute atomic E-state index is 0.107. The Morgan fingerprint density at radius 2 is 2.16 bits per heavy atom. The van der Waals surface area contributed by atoms with Crippen LogP contribution < -0.4 is 0 Å². The van der Waals surface area contributed by atoms with Crippen LogP contribution in [0, 0.1) is 22.6 Å². The zero-order chi connectivity index (χ0) is 14.6. The number of carboxylic acid groups (broad SMARTS) is 1. The van der Waals surface area contributed by atoms with Crippen molar-refractivity contribution in [3.63, 3.8) is 0 Å². The largest absolute Gasteiger partial charge is 0.478 e. The number of aromatic carboxylic acids is 1. The quantitative estimate of drug-likeness (QED) is 0.900.